The zero-order valence-corrected chi connectivity index (χ0v) is 18.7. The van der Waals surface area contributed by atoms with Crippen molar-refractivity contribution < 1.29 is 9.59 Å². The summed E-state index contributed by atoms with van der Waals surface area (Å²) in [5, 5.41) is 7.07. The Morgan fingerprint density at radius 1 is 1.06 bits per heavy atom. The number of hydrogen-bond acceptors (Lipinski definition) is 4. The number of hydrogen-bond donors (Lipinski definition) is 0. The van der Waals surface area contributed by atoms with Crippen molar-refractivity contribution in [2.45, 2.75) is 26.3 Å². The fourth-order valence-corrected chi connectivity index (χ4v) is 4.29. The van der Waals surface area contributed by atoms with E-state index in [1.54, 1.807) is 11.9 Å². The molecule has 0 radical (unpaired) electrons. The van der Waals surface area contributed by atoms with Gasteiger partial charge >= 0.3 is 0 Å². The van der Waals surface area contributed by atoms with E-state index in [0.717, 1.165) is 22.4 Å². The number of halogens is 1. The molecule has 2 aromatic rings. The highest BCUT2D eigenvalue weighted by molar-refractivity contribution is 6.30. The standard InChI is InChI=1S/C24H27ClN4O2/c1-17-4-3-5-20(14-17)22-15-23(19-6-8-21(25)9-7-19)29(26-22)24(31)16-27-10-12-28(13-11-27)18(2)30/h3-9,14,23H,10-13,15-16H2,1-2H3. The normalized spacial score (nSPS) is 19.5. The number of aryl methyl sites for hydroxylation is 1. The molecule has 2 amide bonds. The van der Waals surface area contributed by atoms with Crippen LogP contribution in [-0.2, 0) is 9.59 Å². The highest BCUT2D eigenvalue weighted by Crippen LogP contribution is 2.33. The molecular weight excluding hydrogens is 412 g/mol. The van der Waals surface area contributed by atoms with Gasteiger partial charge in [-0.1, -0.05) is 53.6 Å². The maximum Gasteiger partial charge on any atom is 0.257 e. The van der Waals surface area contributed by atoms with E-state index < -0.39 is 0 Å². The van der Waals surface area contributed by atoms with E-state index in [-0.39, 0.29) is 17.9 Å². The molecule has 1 fully saturated rings. The second-order valence-electron chi connectivity index (χ2n) is 8.21. The van der Waals surface area contributed by atoms with Crippen LogP contribution in [0.2, 0.25) is 5.02 Å². The lowest BCUT2D eigenvalue weighted by atomic mass is 9.97. The van der Waals surface area contributed by atoms with Crippen LogP contribution in [-0.4, -0.2) is 65.1 Å². The number of hydrazone groups is 1. The van der Waals surface area contributed by atoms with Crippen molar-refractivity contribution in [3.8, 4) is 0 Å². The van der Waals surface area contributed by atoms with Gasteiger partial charge in [0.25, 0.3) is 5.91 Å². The first kappa shape index (κ1) is 21.5. The molecule has 0 N–H and O–H groups in total. The highest BCUT2D eigenvalue weighted by Gasteiger charge is 2.34. The third-order valence-corrected chi connectivity index (χ3v) is 6.20. The second-order valence-corrected chi connectivity index (χ2v) is 8.64. The SMILES string of the molecule is CC(=O)N1CCN(CC(=O)N2N=C(c3cccc(C)c3)CC2c2ccc(Cl)cc2)CC1. The summed E-state index contributed by atoms with van der Waals surface area (Å²) in [6.07, 6.45) is 0.662. The van der Waals surface area contributed by atoms with Crippen LogP contribution in [0.5, 0.6) is 0 Å². The quantitative estimate of drug-likeness (QED) is 0.734. The second kappa shape index (κ2) is 9.20. The topological polar surface area (TPSA) is 56.2 Å². The average Bonchev–Trinajstić information content (AvgIpc) is 3.20. The fraction of sp³-hybridized carbons (Fsp3) is 0.375. The Labute approximate surface area is 188 Å². The van der Waals surface area contributed by atoms with Gasteiger partial charge in [-0.2, -0.15) is 5.10 Å². The largest absolute Gasteiger partial charge is 0.340 e. The molecule has 0 spiro atoms. The predicted octanol–water partition coefficient (Wildman–Crippen LogP) is 3.49. The lowest BCUT2D eigenvalue weighted by molar-refractivity contribution is -0.135. The van der Waals surface area contributed by atoms with Crippen LogP contribution in [0.4, 0.5) is 0 Å². The number of rotatable bonds is 4. The van der Waals surface area contributed by atoms with Gasteiger partial charge in [0.1, 0.15) is 0 Å². The zero-order valence-electron chi connectivity index (χ0n) is 17.9. The molecule has 31 heavy (non-hydrogen) atoms. The number of carbonyl (C=O) groups is 2. The molecule has 7 heteroatoms. The van der Waals surface area contributed by atoms with Crippen LogP contribution >= 0.6 is 11.6 Å². The molecule has 0 aromatic heterocycles. The summed E-state index contributed by atoms with van der Waals surface area (Å²) in [5.41, 5.74) is 4.14. The lowest BCUT2D eigenvalue weighted by Gasteiger charge is -2.34. The number of piperazine rings is 1. The molecule has 2 aliphatic heterocycles. The van der Waals surface area contributed by atoms with Gasteiger partial charge in [-0.15, -0.1) is 0 Å². The molecule has 6 nitrogen and oxygen atoms in total. The van der Waals surface area contributed by atoms with Crippen LogP contribution in [0.3, 0.4) is 0 Å². The van der Waals surface area contributed by atoms with Crippen LogP contribution < -0.4 is 0 Å². The summed E-state index contributed by atoms with van der Waals surface area (Å²) in [6.45, 7) is 6.63. The Hall–Kier alpha value is -2.70. The summed E-state index contributed by atoms with van der Waals surface area (Å²) >= 11 is 6.08. The van der Waals surface area contributed by atoms with Gasteiger partial charge in [0.2, 0.25) is 5.91 Å². The fourth-order valence-electron chi connectivity index (χ4n) is 4.17. The van der Waals surface area contributed by atoms with Crippen molar-refractivity contribution >= 4 is 29.1 Å². The van der Waals surface area contributed by atoms with Gasteiger partial charge < -0.3 is 4.90 Å². The lowest BCUT2D eigenvalue weighted by Crippen LogP contribution is -2.50. The average molecular weight is 439 g/mol. The summed E-state index contributed by atoms with van der Waals surface area (Å²) in [4.78, 5) is 28.8. The monoisotopic (exact) mass is 438 g/mol. The van der Waals surface area contributed by atoms with Crippen molar-refractivity contribution in [1.29, 1.82) is 0 Å². The molecule has 162 valence electrons. The molecule has 0 saturated carbocycles. The minimum atomic E-state index is -0.154. The van der Waals surface area contributed by atoms with Crippen molar-refractivity contribution in [1.82, 2.24) is 14.8 Å². The smallest absolute Gasteiger partial charge is 0.257 e. The van der Waals surface area contributed by atoms with Gasteiger partial charge in [-0.05, 0) is 30.2 Å². The molecule has 0 aliphatic carbocycles. The molecule has 1 saturated heterocycles. The van der Waals surface area contributed by atoms with Gasteiger partial charge in [-0.25, -0.2) is 5.01 Å². The Morgan fingerprint density at radius 2 is 1.77 bits per heavy atom. The number of amides is 2. The first-order chi connectivity index (χ1) is 14.9. The summed E-state index contributed by atoms with van der Waals surface area (Å²) in [7, 11) is 0. The predicted molar refractivity (Wildman–Crippen MR) is 122 cm³/mol. The summed E-state index contributed by atoms with van der Waals surface area (Å²) in [6, 6.07) is 15.7. The van der Waals surface area contributed by atoms with E-state index in [2.05, 4.69) is 24.0 Å². The summed E-state index contributed by atoms with van der Waals surface area (Å²) < 4.78 is 0. The van der Waals surface area contributed by atoms with E-state index in [1.165, 1.54) is 0 Å². The molecule has 1 atom stereocenters. The first-order valence-electron chi connectivity index (χ1n) is 10.6. The van der Waals surface area contributed by atoms with E-state index >= 15 is 0 Å². The van der Waals surface area contributed by atoms with Crippen LogP contribution in [0.1, 0.15) is 36.1 Å². The van der Waals surface area contributed by atoms with Gasteiger partial charge in [0.15, 0.2) is 0 Å². The minimum absolute atomic E-state index is 0.0288. The molecule has 0 bridgehead atoms. The molecule has 2 aromatic carbocycles. The molecule has 1 unspecified atom stereocenters. The van der Waals surface area contributed by atoms with Crippen LogP contribution in [0.15, 0.2) is 53.6 Å². The van der Waals surface area contributed by atoms with E-state index in [9.17, 15) is 9.59 Å². The third kappa shape index (κ3) is 4.97. The number of nitrogens with zero attached hydrogens (tertiary/aromatic N) is 4. The number of carbonyl (C=O) groups excluding carboxylic acids is 2. The third-order valence-electron chi connectivity index (χ3n) is 5.95. The Morgan fingerprint density at radius 3 is 2.42 bits per heavy atom. The van der Waals surface area contributed by atoms with Crippen LogP contribution in [0.25, 0.3) is 0 Å². The molecule has 4 rings (SSSR count). The Bertz CT molecular complexity index is 997. The van der Waals surface area contributed by atoms with Gasteiger partial charge in [-0.3, -0.25) is 14.5 Å². The van der Waals surface area contributed by atoms with E-state index in [1.807, 2.05) is 41.3 Å². The molecular formula is C24H27ClN4O2. The highest BCUT2D eigenvalue weighted by atomic mass is 35.5. The summed E-state index contributed by atoms with van der Waals surface area (Å²) in [5.74, 6) is 0.0552. The van der Waals surface area contributed by atoms with E-state index in [4.69, 9.17) is 16.7 Å². The van der Waals surface area contributed by atoms with Gasteiger partial charge in [0.05, 0.1) is 18.3 Å². The van der Waals surface area contributed by atoms with Crippen molar-refractivity contribution in [2.24, 2.45) is 5.10 Å². The maximum atomic E-state index is 13.3. The Kier molecular flexibility index (Phi) is 6.39. The Balaban J connectivity index is 1.54. The zero-order chi connectivity index (χ0) is 22.0. The van der Waals surface area contributed by atoms with Crippen molar-refractivity contribution in [3.05, 3.63) is 70.2 Å². The number of benzene rings is 2. The minimum Gasteiger partial charge on any atom is -0.340 e. The first-order valence-corrected chi connectivity index (χ1v) is 11.0. The van der Waals surface area contributed by atoms with Gasteiger partial charge in [0, 0.05) is 44.5 Å². The van der Waals surface area contributed by atoms with Crippen LogP contribution in [0, 0.1) is 6.92 Å². The molecule has 2 heterocycles. The van der Waals surface area contributed by atoms with Crippen molar-refractivity contribution in [3.63, 3.8) is 0 Å². The maximum absolute atomic E-state index is 13.3. The van der Waals surface area contributed by atoms with E-state index in [0.29, 0.717) is 44.2 Å². The van der Waals surface area contributed by atoms with Crippen molar-refractivity contribution in [2.75, 3.05) is 32.7 Å². The molecule has 2 aliphatic rings.